The zero-order valence-electron chi connectivity index (χ0n) is 34.3. The van der Waals surface area contributed by atoms with E-state index >= 15 is 0 Å². The van der Waals surface area contributed by atoms with E-state index in [2.05, 4.69) is 13.8 Å². The predicted octanol–water partition coefficient (Wildman–Crippen LogP) is 11.1. The molecule has 0 rings (SSSR count). The molecule has 0 bridgehead atoms. The number of aliphatic hydroxyl groups excluding tert-OH is 2. The second kappa shape index (κ2) is 54.0. The minimum Gasteiger partial charge on any atom is -0.550 e. The molecule has 0 aromatic carbocycles. The quantitative estimate of drug-likeness (QED) is 0.0469. The SMILES string of the molecule is CCC[CH2][Sn+2][CH2]CCC.O=C([O-])CCCCCCCCCCCCCCCCCO.O=C([O-])CCCCCCCCCCCCCCCCCO. The number of carbonyl (C=O) groups is 2. The zero-order chi connectivity index (χ0) is 38.1. The van der Waals surface area contributed by atoms with Gasteiger partial charge in [0.05, 0.1) is 0 Å². The molecule has 0 aliphatic heterocycles. The summed E-state index contributed by atoms with van der Waals surface area (Å²) in [6, 6.07) is 0. The largest absolute Gasteiger partial charge is 0.550 e. The van der Waals surface area contributed by atoms with Crippen LogP contribution in [0, 0.1) is 0 Å². The number of rotatable bonds is 40. The maximum absolute atomic E-state index is 10.2. The van der Waals surface area contributed by atoms with Gasteiger partial charge in [-0.3, -0.25) is 0 Å². The average molecular weight is 832 g/mol. The molecule has 0 spiro atoms. The number of hydrogen-bond acceptors (Lipinski definition) is 6. The summed E-state index contributed by atoms with van der Waals surface area (Å²) < 4.78 is 3.25. The molecule has 0 aromatic rings. The Bertz CT molecular complexity index is 581. The standard InChI is InChI=1S/2C18H36O3.2C4H9.Sn/c2*19-17-15-13-11-9-7-5-3-1-2-4-6-8-10-12-14-16-18(20)21;2*1-3-4-2;/h2*19H,1-17H2,(H,20,21);2*1,3-4H2,2H3;/q;;;;+2/p-2. The van der Waals surface area contributed by atoms with Crippen molar-refractivity contribution in [3.05, 3.63) is 0 Å². The third-order valence-electron chi connectivity index (χ3n) is 9.49. The third-order valence-corrected chi connectivity index (χ3v) is 13.5. The van der Waals surface area contributed by atoms with Crippen LogP contribution in [-0.4, -0.2) is 56.5 Å². The molecular weight excluding hydrogens is 743 g/mol. The average Bonchev–Trinajstić information content (AvgIpc) is 3.11. The number of carbonyl (C=O) groups excluding carboxylic acids is 2. The summed E-state index contributed by atoms with van der Waals surface area (Å²) in [5.74, 6) is -1.83. The molecule has 0 amide bonds. The van der Waals surface area contributed by atoms with Crippen LogP contribution in [-0.2, 0) is 9.59 Å². The van der Waals surface area contributed by atoms with Gasteiger partial charge in [-0.1, -0.05) is 167 Å². The second-order valence-electron chi connectivity index (χ2n) is 14.8. The molecule has 7 heteroatoms. The van der Waals surface area contributed by atoms with Gasteiger partial charge in [-0.15, -0.1) is 0 Å². The smallest absolute Gasteiger partial charge is 0.0431 e. The zero-order valence-corrected chi connectivity index (χ0v) is 37.2. The van der Waals surface area contributed by atoms with Gasteiger partial charge in [-0.05, 0) is 38.5 Å². The van der Waals surface area contributed by atoms with Gasteiger partial charge in [0.1, 0.15) is 0 Å². The minimum absolute atomic E-state index is 0.149. The van der Waals surface area contributed by atoms with Crippen molar-refractivity contribution in [2.45, 2.75) is 254 Å². The van der Waals surface area contributed by atoms with E-state index in [0.29, 0.717) is 13.2 Å². The van der Waals surface area contributed by atoms with E-state index in [-0.39, 0.29) is 34.0 Å². The van der Waals surface area contributed by atoms with Crippen LogP contribution in [0.4, 0.5) is 0 Å². The van der Waals surface area contributed by atoms with Crippen LogP contribution in [0.5, 0.6) is 0 Å². The summed E-state index contributed by atoms with van der Waals surface area (Å²) in [5.41, 5.74) is 0. The molecule has 51 heavy (non-hydrogen) atoms. The van der Waals surface area contributed by atoms with E-state index in [4.69, 9.17) is 10.2 Å². The van der Waals surface area contributed by atoms with Crippen LogP contribution in [0.3, 0.4) is 0 Å². The van der Waals surface area contributed by atoms with Gasteiger partial charge in [-0.2, -0.15) is 0 Å². The molecule has 304 valence electrons. The van der Waals surface area contributed by atoms with Crippen LogP contribution in [0.2, 0.25) is 8.87 Å². The molecule has 0 saturated carbocycles. The molecule has 2 N–H and O–H groups in total. The summed E-state index contributed by atoms with van der Waals surface area (Å²) in [7, 11) is 0. The first-order valence-electron chi connectivity index (χ1n) is 22.3. The molecule has 0 aromatic heterocycles. The summed E-state index contributed by atoms with van der Waals surface area (Å²) in [6.45, 7) is 5.27. The Kier molecular flexibility index (Phi) is 58.2. The van der Waals surface area contributed by atoms with Crippen molar-refractivity contribution in [1.29, 1.82) is 0 Å². The number of aliphatic hydroxyl groups is 2. The Hall–Kier alpha value is -0.341. The van der Waals surface area contributed by atoms with Crippen LogP contribution >= 0.6 is 0 Å². The first-order chi connectivity index (χ1) is 25.0. The molecule has 0 unspecified atom stereocenters. The number of hydrogen-bond donors (Lipinski definition) is 2. The Balaban J connectivity index is -0.000000731. The molecule has 0 aliphatic rings. The number of aliphatic carboxylic acids is 2. The Labute approximate surface area is 328 Å². The fraction of sp³-hybridized carbons (Fsp3) is 0.955. The van der Waals surface area contributed by atoms with E-state index in [1.54, 1.807) is 8.87 Å². The first kappa shape index (κ1) is 55.0. The first-order valence-corrected chi connectivity index (χ1v) is 26.3. The van der Waals surface area contributed by atoms with Crippen molar-refractivity contribution >= 4 is 33.1 Å². The molecular formula is C44H88O6Sn. The fourth-order valence-electron chi connectivity index (χ4n) is 6.09. The van der Waals surface area contributed by atoms with Crippen molar-refractivity contribution in [3.63, 3.8) is 0 Å². The van der Waals surface area contributed by atoms with Gasteiger partial charge < -0.3 is 30.0 Å². The third kappa shape index (κ3) is 65.0. The van der Waals surface area contributed by atoms with Crippen LogP contribution in [0.25, 0.3) is 0 Å². The van der Waals surface area contributed by atoms with Crippen LogP contribution in [0.1, 0.15) is 245 Å². The fourth-order valence-corrected chi connectivity index (χ4v) is 10.2. The Morgan fingerprint density at radius 1 is 0.353 bits per heavy atom. The molecule has 0 atom stereocenters. The van der Waals surface area contributed by atoms with Crippen LogP contribution in [0.15, 0.2) is 0 Å². The molecule has 0 fully saturated rings. The summed E-state index contributed by atoms with van der Waals surface area (Å²) in [6.07, 6.45) is 43.1. The molecule has 6 nitrogen and oxygen atoms in total. The van der Waals surface area contributed by atoms with Gasteiger partial charge >= 0.3 is 69.5 Å². The van der Waals surface area contributed by atoms with Crippen LogP contribution < -0.4 is 10.2 Å². The van der Waals surface area contributed by atoms with Crippen molar-refractivity contribution in [2.75, 3.05) is 13.2 Å². The second-order valence-corrected chi connectivity index (χ2v) is 19.0. The molecule has 0 radical (unpaired) electrons. The monoisotopic (exact) mass is 833 g/mol. The number of unbranched alkanes of at least 4 members (excludes halogenated alkanes) is 30. The van der Waals surface area contributed by atoms with Crippen molar-refractivity contribution in [2.24, 2.45) is 0 Å². The molecule has 0 heterocycles. The molecule has 0 aliphatic carbocycles. The summed E-state index contributed by atoms with van der Waals surface area (Å²) >= 11 is 0.149. The topological polar surface area (TPSA) is 121 Å². The Morgan fingerprint density at radius 2 is 0.549 bits per heavy atom. The van der Waals surface area contributed by atoms with Gasteiger partial charge in [0.2, 0.25) is 0 Å². The van der Waals surface area contributed by atoms with Gasteiger partial charge in [0.15, 0.2) is 0 Å². The minimum atomic E-state index is -0.914. The maximum Gasteiger partial charge on any atom is 0.0431 e. The van der Waals surface area contributed by atoms with Gasteiger partial charge in [0.25, 0.3) is 0 Å². The number of carboxylic acid groups (broad SMARTS) is 2. The summed E-state index contributed by atoms with van der Waals surface area (Å²) in [5, 5.41) is 37.8. The van der Waals surface area contributed by atoms with E-state index in [0.717, 1.165) is 38.5 Å². The van der Waals surface area contributed by atoms with Gasteiger partial charge in [-0.25, -0.2) is 0 Å². The Morgan fingerprint density at radius 3 is 0.725 bits per heavy atom. The van der Waals surface area contributed by atoms with E-state index in [9.17, 15) is 19.8 Å². The van der Waals surface area contributed by atoms with Crippen molar-refractivity contribution in [3.8, 4) is 0 Å². The predicted molar refractivity (Wildman–Crippen MR) is 217 cm³/mol. The maximum atomic E-state index is 10.2. The van der Waals surface area contributed by atoms with Crippen molar-refractivity contribution in [1.82, 2.24) is 0 Å². The molecule has 0 saturated heterocycles. The normalized spacial score (nSPS) is 10.6. The number of carboxylic acids is 2. The summed E-state index contributed by atoms with van der Waals surface area (Å²) in [4.78, 5) is 20.5. The van der Waals surface area contributed by atoms with Crippen molar-refractivity contribution < 1.29 is 30.0 Å². The van der Waals surface area contributed by atoms with E-state index < -0.39 is 11.9 Å². The van der Waals surface area contributed by atoms with E-state index in [1.807, 2.05) is 0 Å². The van der Waals surface area contributed by atoms with E-state index in [1.165, 1.54) is 180 Å². The van der Waals surface area contributed by atoms with Gasteiger partial charge in [0, 0.05) is 25.2 Å².